The summed E-state index contributed by atoms with van der Waals surface area (Å²) in [5.41, 5.74) is 0. The van der Waals surface area contributed by atoms with E-state index in [4.69, 9.17) is 0 Å². The quantitative estimate of drug-likeness (QED) is 0.0193. The summed E-state index contributed by atoms with van der Waals surface area (Å²) in [6.07, 6.45) is 82.2. The summed E-state index contributed by atoms with van der Waals surface area (Å²) in [5.74, 6) is 0.0359. The van der Waals surface area contributed by atoms with E-state index >= 15 is 0 Å². The second-order valence-corrected chi connectivity index (χ2v) is 26.0. The molecule has 0 N–H and O–H groups in total. The van der Waals surface area contributed by atoms with Crippen molar-refractivity contribution in [3.63, 3.8) is 0 Å². The van der Waals surface area contributed by atoms with E-state index in [1.165, 1.54) is 321 Å². The molecule has 0 aliphatic rings. The third kappa shape index (κ3) is 78.5. The normalized spacial score (nSPS) is 12.8. The molecule has 0 radical (unpaired) electrons. The van der Waals surface area contributed by atoms with Gasteiger partial charge in [0.25, 0.3) is 0 Å². The summed E-state index contributed by atoms with van der Waals surface area (Å²) >= 11 is 0. The molecule has 79 heavy (non-hydrogen) atoms. The Balaban J connectivity index is -0.00000144. The Morgan fingerprint density at radius 2 is 0.443 bits per heavy atom. The molecule has 0 amide bonds. The molecule has 0 fully saturated rings. The van der Waals surface area contributed by atoms with Crippen molar-refractivity contribution in [2.45, 2.75) is 387 Å². The summed E-state index contributed by atoms with van der Waals surface area (Å²) in [7, 11) is -9.23. The molecule has 0 aromatic heterocycles. The van der Waals surface area contributed by atoms with Crippen LogP contribution in [0.4, 0.5) is 0 Å². The van der Waals surface area contributed by atoms with Crippen molar-refractivity contribution in [2.24, 2.45) is 11.8 Å². The van der Waals surface area contributed by atoms with E-state index in [9.17, 15) is 25.9 Å². The smallest absolute Gasteiger partial charge is 0.726 e. The van der Waals surface area contributed by atoms with Gasteiger partial charge in [0.1, 0.15) is 0 Å². The van der Waals surface area contributed by atoms with Crippen molar-refractivity contribution >= 4 is 58.5 Å². The van der Waals surface area contributed by atoms with Crippen LogP contribution in [0.5, 0.6) is 0 Å². The average Bonchev–Trinajstić information content (AvgIpc) is 3.41. The number of rotatable bonds is 64. The van der Waals surface area contributed by atoms with Crippen LogP contribution in [0, 0.1) is 11.8 Å². The van der Waals surface area contributed by atoms with Gasteiger partial charge in [-0.1, -0.05) is 373 Å². The Morgan fingerprint density at radius 1 is 0.278 bits per heavy atom. The zero-order valence-corrected chi connectivity index (χ0v) is 57.1. The molecule has 0 saturated carbocycles. The largest absolute Gasteiger partial charge is 2.00 e. The van der Waals surface area contributed by atoms with Crippen molar-refractivity contribution in [1.82, 2.24) is 0 Å². The maximum absolute atomic E-state index is 10.9. The van der Waals surface area contributed by atoms with Gasteiger partial charge in [0.05, 0.1) is 13.2 Å². The number of allylic oxidation sites excluding steroid dienone is 2. The van der Waals surface area contributed by atoms with E-state index in [1.807, 2.05) is 0 Å². The molecular weight excluding hydrogens is 1050 g/mol. The molecule has 0 spiro atoms. The van der Waals surface area contributed by atoms with E-state index < -0.39 is 20.8 Å². The third-order valence-corrected chi connectivity index (χ3v) is 16.8. The zero-order chi connectivity index (χ0) is 57.4. The minimum absolute atomic E-state index is 0. The zero-order valence-electron chi connectivity index (χ0n) is 53.3. The van der Waals surface area contributed by atoms with Gasteiger partial charge in [-0.3, -0.25) is 8.37 Å². The van der Waals surface area contributed by atoms with Crippen molar-refractivity contribution in [2.75, 3.05) is 13.2 Å². The topological polar surface area (TPSA) is 133 Å². The minimum Gasteiger partial charge on any atom is -0.726 e. The first-order valence-corrected chi connectivity index (χ1v) is 37.2. The van der Waals surface area contributed by atoms with Crippen LogP contribution in [0.15, 0.2) is 24.3 Å². The van der Waals surface area contributed by atoms with Crippen LogP contribution in [-0.4, -0.2) is 76.9 Å². The molecule has 2 unspecified atom stereocenters. The molecule has 8 nitrogen and oxygen atoms in total. The van der Waals surface area contributed by atoms with Gasteiger partial charge in [0.2, 0.25) is 20.8 Å². The van der Waals surface area contributed by atoms with Crippen LogP contribution in [-0.2, 0) is 29.2 Å². The van der Waals surface area contributed by atoms with Crippen LogP contribution in [0.1, 0.15) is 387 Å². The molecule has 11 heteroatoms. The Morgan fingerprint density at radius 3 is 0.620 bits per heavy atom. The molecule has 468 valence electrons. The second-order valence-electron chi connectivity index (χ2n) is 23.9. The summed E-state index contributed by atoms with van der Waals surface area (Å²) < 4.78 is 74.5. The van der Waals surface area contributed by atoms with Crippen molar-refractivity contribution in [1.29, 1.82) is 0 Å². The van der Waals surface area contributed by atoms with Crippen LogP contribution in [0.2, 0.25) is 0 Å². The summed E-state index contributed by atoms with van der Waals surface area (Å²) in [4.78, 5) is 0. The van der Waals surface area contributed by atoms with E-state index in [0.717, 1.165) is 38.5 Å². The fraction of sp³-hybridized carbons (Fsp3) is 0.941. The molecule has 0 heterocycles. The minimum atomic E-state index is -4.62. The standard InChI is InChI=1S/2C34H68O4S.Ca/c2*1-3-5-7-9-11-13-14-15-16-17-18-19-20-21-22-23-24-26-28-30-32-34(33-38-39(35,36)37)31-29-27-25-12-10-8-6-4-2;/h2*30,32,34H,3-29,31,33H2,1-2H3,(H,35,36,37);/q;;+2/p-2/b2*32-30+;. The van der Waals surface area contributed by atoms with Gasteiger partial charge in [-0.25, -0.2) is 16.8 Å². The molecular formula is C68H134CaO8S2. The van der Waals surface area contributed by atoms with E-state index in [0.29, 0.717) is 0 Å². The summed E-state index contributed by atoms with van der Waals surface area (Å²) in [5, 5.41) is 0. The predicted octanol–water partition coefficient (Wildman–Crippen LogP) is 22.8. The average molecular weight is 1180 g/mol. The molecule has 0 aromatic rings. The van der Waals surface area contributed by atoms with Gasteiger partial charge in [0, 0.05) is 11.8 Å². The third-order valence-electron chi connectivity index (χ3n) is 16.0. The fourth-order valence-electron chi connectivity index (χ4n) is 10.8. The van der Waals surface area contributed by atoms with Gasteiger partial charge in [-0.2, -0.15) is 0 Å². The Hall–Kier alpha value is 0.480. The molecule has 2 atom stereocenters. The van der Waals surface area contributed by atoms with Gasteiger partial charge >= 0.3 is 37.7 Å². The molecule has 0 bridgehead atoms. The fourth-order valence-corrected chi connectivity index (χ4v) is 11.5. The van der Waals surface area contributed by atoms with Crippen molar-refractivity contribution < 1.29 is 34.3 Å². The molecule has 0 aliphatic carbocycles. The number of hydrogen-bond donors (Lipinski definition) is 0. The van der Waals surface area contributed by atoms with Crippen LogP contribution in [0.3, 0.4) is 0 Å². The van der Waals surface area contributed by atoms with Gasteiger partial charge < -0.3 is 9.11 Å². The molecule has 0 aromatic carbocycles. The first kappa shape index (κ1) is 83.7. The Bertz CT molecular complexity index is 1320. The first-order chi connectivity index (χ1) is 38.0. The predicted molar refractivity (Wildman–Crippen MR) is 344 cm³/mol. The second kappa shape index (κ2) is 69.3. The number of unbranched alkanes of at least 4 members (excludes halogenated alkanes) is 50. The molecule has 0 aliphatic heterocycles. The van der Waals surface area contributed by atoms with E-state index in [1.54, 1.807) is 0 Å². The van der Waals surface area contributed by atoms with Crippen molar-refractivity contribution in [3.8, 4) is 0 Å². The van der Waals surface area contributed by atoms with Gasteiger partial charge in [0.15, 0.2) is 0 Å². The van der Waals surface area contributed by atoms with Crippen LogP contribution < -0.4 is 0 Å². The van der Waals surface area contributed by atoms with Crippen LogP contribution >= 0.6 is 0 Å². The molecule has 0 saturated heterocycles. The number of hydrogen-bond acceptors (Lipinski definition) is 8. The maximum atomic E-state index is 10.9. The van der Waals surface area contributed by atoms with Gasteiger partial charge in [-0.15, -0.1) is 0 Å². The van der Waals surface area contributed by atoms with Crippen molar-refractivity contribution in [3.05, 3.63) is 24.3 Å². The van der Waals surface area contributed by atoms with Crippen LogP contribution in [0.25, 0.3) is 0 Å². The summed E-state index contributed by atoms with van der Waals surface area (Å²) in [6, 6.07) is 0. The first-order valence-electron chi connectivity index (χ1n) is 34.5. The van der Waals surface area contributed by atoms with E-state index in [2.05, 4.69) is 60.4 Å². The monoisotopic (exact) mass is 1180 g/mol. The summed E-state index contributed by atoms with van der Waals surface area (Å²) in [6.45, 7) is 9.01. The van der Waals surface area contributed by atoms with Gasteiger partial charge in [-0.05, 0) is 38.5 Å². The molecule has 0 rings (SSSR count). The Kier molecular flexibility index (Phi) is 73.4. The SMILES string of the molecule is CCCCCCCCCCCCCCCCCCCC/C=C/C(CCCCCCCCCC)COS(=O)(=O)[O-].CCCCCCCCCCCCCCCCCCCC/C=C/C(CCCCCCCCCC)COS(=O)(=O)[O-].[Ca+2]. The Labute approximate surface area is 525 Å². The maximum Gasteiger partial charge on any atom is 2.00 e. The van der Waals surface area contributed by atoms with E-state index in [-0.39, 0.29) is 62.8 Å².